The number of benzene rings is 4. The van der Waals surface area contributed by atoms with Gasteiger partial charge in [0.05, 0.1) is 17.8 Å². The largest absolute Gasteiger partial charge is 0.481 e. The van der Waals surface area contributed by atoms with Gasteiger partial charge in [-0.3, -0.25) is 14.2 Å². The van der Waals surface area contributed by atoms with E-state index < -0.39 is 5.97 Å². The summed E-state index contributed by atoms with van der Waals surface area (Å²) in [6.07, 6.45) is 2.35. The highest BCUT2D eigenvalue weighted by Crippen LogP contribution is 2.40. The predicted octanol–water partition coefficient (Wildman–Crippen LogP) is 8.96. The van der Waals surface area contributed by atoms with Crippen LogP contribution < -0.4 is 5.32 Å². The van der Waals surface area contributed by atoms with Crippen molar-refractivity contribution in [1.82, 2.24) is 19.9 Å². The maximum Gasteiger partial charge on any atom is 0.305 e. The molecule has 7 heteroatoms. The van der Waals surface area contributed by atoms with E-state index in [0.717, 1.165) is 62.6 Å². The molecule has 0 unspecified atom stereocenters. The van der Waals surface area contributed by atoms with E-state index in [-0.39, 0.29) is 18.9 Å². The molecule has 0 bridgehead atoms. The number of rotatable bonds is 12. The van der Waals surface area contributed by atoms with Gasteiger partial charge in [0.2, 0.25) is 5.91 Å². The molecule has 0 fully saturated rings. The lowest BCUT2D eigenvalue weighted by Crippen LogP contribution is -2.25. The molecule has 0 aliphatic heterocycles. The van der Waals surface area contributed by atoms with Gasteiger partial charge in [-0.2, -0.15) is 0 Å². The van der Waals surface area contributed by atoms with Gasteiger partial charge < -0.3 is 10.4 Å². The number of carboxylic acid groups (broad SMARTS) is 1. The van der Waals surface area contributed by atoms with Crippen molar-refractivity contribution in [3.8, 4) is 39.3 Å². The number of nitrogens with one attached hydrogen (secondary N) is 1. The quantitative estimate of drug-likeness (QED) is 0.129. The zero-order valence-electron chi connectivity index (χ0n) is 28.6. The fourth-order valence-electron chi connectivity index (χ4n) is 6.16. The summed E-state index contributed by atoms with van der Waals surface area (Å²) in [5.41, 5.74) is 14.2. The van der Waals surface area contributed by atoms with Crippen LogP contribution in [0.1, 0.15) is 53.6 Å². The zero-order chi connectivity index (χ0) is 34.5. The van der Waals surface area contributed by atoms with E-state index in [1.165, 1.54) is 22.3 Å². The van der Waals surface area contributed by atoms with Crippen LogP contribution in [-0.4, -0.2) is 38.1 Å². The summed E-state index contributed by atoms with van der Waals surface area (Å²) >= 11 is 0. The first-order valence-corrected chi connectivity index (χ1v) is 16.9. The Balaban J connectivity index is 1.55. The second kappa shape index (κ2) is 14.7. The molecule has 0 aliphatic carbocycles. The van der Waals surface area contributed by atoms with Crippen molar-refractivity contribution in [1.29, 1.82) is 0 Å². The van der Waals surface area contributed by atoms with Crippen molar-refractivity contribution in [2.45, 2.75) is 59.8 Å². The number of carbonyl (C=O) groups is 2. The van der Waals surface area contributed by atoms with Crippen LogP contribution in [0.3, 0.4) is 0 Å². The van der Waals surface area contributed by atoms with Gasteiger partial charge in [0, 0.05) is 41.0 Å². The minimum Gasteiger partial charge on any atom is -0.481 e. The number of fused-ring (bicyclic) bond motifs is 1. The van der Waals surface area contributed by atoms with Crippen molar-refractivity contribution in [2.75, 3.05) is 6.54 Å². The van der Waals surface area contributed by atoms with E-state index in [1.807, 2.05) is 0 Å². The van der Waals surface area contributed by atoms with Gasteiger partial charge in [0.25, 0.3) is 0 Å². The van der Waals surface area contributed by atoms with Gasteiger partial charge in [-0.15, -0.1) is 0 Å². The molecule has 6 rings (SSSR count). The van der Waals surface area contributed by atoms with Gasteiger partial charge in [0.15, 0.2) is 5.65 Å². The highest BCUT2D eigenvalue weighted by molar-refractivity contribution is 5.98. The topological polar surface area (TPSA) is 97.1 Å². The Labute approximate surface area is 287 Å². The molecular formula is C42H42N4O3. The number of aromatic nitrogens is 3. The fraction of sp³-hybridized carbons (Fsp3) is 0.238. The van der Waals surface area contributed by atoms with Gasteiger partial charge in [-0.05, 0) is 64.7 Å². The molecule has 2 aromatic heterocycles. The molecule has 248 valence electrons. The molecule has 6 aromatic rings. The number of hydrogen-bond acceptors (Lipinski definition) is 4. The van der Waals surface area contributed by atoms with E-state index >= 15 is 0 Å². The number of unbranched alkanes of at least 4 members (excludes halogenated alkanes) is 1. The van der Waals surface area contributed by atoms with Crippen LogP contribution in [0.15, 0.2) is 97.1 Å². The van der Waals surface area contributed by atoms with Crippen LogP contribution in [-0.2, 0) is 16.0 Å². The monoisotopic (exact) mass is 650 g/mol. The number of aryl methyl sites for hydroxylation is 4. The maximum absolute atomic E-state index is 12.5. The molecule has 2 N–H and O–H groups in total. The molecule has 0 saturated carbocycles. The summed E-state index contributed by atoms with van der Waals surface area (Å²) in [5.74, 6) is -1.06. The average Bonchev–Trinajstić information content (AvgIpc) is 3.40. The molecule has 0 radical (unpaired) electrons. The first-order chi connectivity index (χ1) is 23.7. The molecule has 49 heavy (non-hydrogen) atoms. The Bertz CT molecular complexity index is 1960. The standard InChI is InChI=1S/C42H42N4O3/c1-27-9-17-31(18-10-27)38-35(7-5-6-8-36(47)43-26-25-37(48)49)46(34-23-15-30(4)16-24-34)42-41(38)44-39(32-19-11-28(2)12-20-32)40(45-42)33-21-13-29(3)14-22-33/h9-24H,5-8,25-26H2,1-4H3,(H,43,47)(H,48,49). The van der Waals surface area contributed by atoms with Crippen molar-refractivity contribution in [3.05, 3.63) is 125 Å². The summed E-state index contributed by atoms with van der Waals surface area (Å²) in [5, 5.41) is 11.6. The van der Waals surface area contributed by atoms with Gasteiger partial charge >= 0.3 is 5.97 Å². The Morgan fingerprint density at radius 1 is 0.633 bits per heavy atom. The number of aliphatic carboxylic acids is 1. The molecular weight excluding hydrogens is 608 g/mol. The van der Waals surface area contributed by atoms with Crippen LogP contribution >= 0.6 is 0 Å². The molecule has 0 aliphatic rings. The molecule has 4 aromatic carbocycles. The highest BCUT2D eigenvalue weighted by Gasteiger charge is 2.25. The number of hydrogen-bond donors (Lipinski definition) is 2. The van der Waals surface area contributed by atoms with Gasteiger partial charge in [-0.1, -0.05) is 107 Å². The third kappa shape index (κ3) is 7.62. The second-order valence-electron chi connectivity index (χ2n) is 12.9. The van der Waals surface area contributed by atoms with Crippen LogP contribution in [0.4, 0.5) is 0 Å². The molecule has 7 nitrogen and oxygen atoms in total. The van der Waals surface area contributed by atoms with Gasteiger partial charge in [0.1, 0.15) is 5.52 Å². The highest BCUT2D eigenvalue weighted by atomic mass is 16.4. The average molecular weight is 651 g/mol. The normalized spacial score (nSPS) is 11.2. The van der Waals surface area contributed by atoms with E-state index in [2.05, 4.69) is 135 Å². The van der Waals surface area contributed by atoms with E-state index in [9.17, 15) is 9.59 Å². The second-order valence-corrected chi connectivity index (χ2v) is 12.9. The van der Waals surface area contributed by atoms with Crippen LogP contribution in [0, 0.1) is 27.7 Å². The van der Waals surface area contributed by atoms with Gasteiger partial charge in [-0.25, -0.2) is 9.97 Å². The van der Waals surface area contributed by atoms with E-state index in [0.29, 0.717) is 19.3 Å². The summed E-state index contributed by atoms with van der Waals surface area (Å²) in [6.45, 7) is 8.48. The predicted molar refractivity (Wildman–Crippen MR) is 197 cm³/mol. The number of amides is 1. The van der Waals surface area contributed by atoms with Crippen LogP contribution in [0.2, 0.25) is 0 Å². The van der Waals surface area contributed by atoms with E-state index in [4.69, 9.17) is 15.1 Å². The molecule has 0 saturated heterocycles. The summed E-state index contributed by atoms with van der Waals surface area (Å²) in [6, 6.07) is 34.0. The van der Waals surface area contributed by atoms with Crippen molar-refractivity contribution < 1.29 is 14.7 Å². The van der Waals surface area contributed by atoms with Crippen LogP contribution in [0.25, 0.3) is 50.5 Å². The minimum absolute atomic E-state index is 0.0859. The Morgan fingerprint density at radius 2 is 1.12 bits per heavy atom. The SMILES string of the molecule is Cc1ccc(-c2nc3c(-c4ccc(C)cc4)c(CCCCC(=O)NCCC(=O)O)n(-c4ccc(C)cc4)c3nc2-c2ccc(C)cc2)cc1. The molecule has 1 amide bonds. The lowest BCUT2D eigenvalue weighted by Gasteiger charge is -2.14. The first-order valence-electron chi connectivity index (χ1n) is 16.9. The number of carbonyl (C=O) groups excluding carboxylic acids is 1. The molecule has 0 spiro atoms. The molecule has 2 heterocycles. The number of nitrogens with zero attached hydrogens (tertiary/aromatic N) is 3. The maximum atomic E-state index is 12.5. The Kier molecular flexibility index (Phi) is 10.00. The van der Waals surface area contributed by atoms with Crippen LogP contribution in [0.5, 0.6) is 0 Å². The fourth-order valence-corrected chi connectivity index (χ4v) is 6.16. The van der Waals surface area contributed by atoms with Crippen molar-refractivity contribution >= 4 is 23.0 Å². The minimum atomic E-state index is -0.925. The zero-order valence-corrected chi connectivity index (χ0v) is 28.6. The third-order valence-electron chi connectivity index (χ3n) is 8.90. The van der Waals surface area contributed by atoms with Crippen molar-refractivity contribution in [2.24, 2.45) is 0 Å². The summed E-state index contributed by atoms with van der Waals surface area (Å²) < 4.78 is 2.25. The van der Waals surface area contributed by atoms with Crippen molar-refractivity contribution in [3.63, 3.8) is 0 Å². The molecule has 0 atom stereocenters. The summed E-state index contributed by atoms with van der Waals surface area (Å²) in [4.78, 5) is 34.3. The smallest absolute Gasteiger partial charge is 0.305 e. The Morgan fingerprint density at radius 3 is 1.65 bits per heavy atom. The lowest BCUT2D eigenvalue weighted by molar-refractivity contribution is -0.136. The van der Waals surface area contributed by atoms with E-state index in [1.54, 1.807) is 0 Å². The first kappa shape index (κ1) is 33.3. The Hall–Kier alpha value is -5.56. The number of carboxylic acids is 1. The lowest BCUT2D eigenvalue weighted by atomic mass is 9.99. The summed E-state index contributed by atoms with van der Waals surface area (Å²) in [7, 11) is 0. The third-order valence-corrected chi connectivity index (χ3v) is 8.90.